The standard InChI is InChI=1S/C9H11Br2NO2/c10-5-2-1-3-6(11)8(5)9(14)7(13)4-12/h1-3,7,9,13-14H,4,12H2. The Balaban J connectivity index is 3.05. The van der Waals surface area contributed by atoms with Crippen LogP contribution in [0.25, 0.3) is 0 Å². The highest BCUT2D eigenvalue weighted by Crippen LogP contribution is 2.32. The SMILES string of the molecule is NCC(O)C(O)c1c(Br)cccc1Br. The molecule has 0 saturated heterocycles. The summed E-state index contributed by atoms with van der Waals surface area (Å²) in [5.41, 5.74) is 5.89. The summed E-state index contributed by atoms with van der Waals surface area (Å²) in [6.07, 6.45) is -1.94. The molecular formula is C9H11Br2NO2. The predicted molar refractivity (Wildman–Crippen MR) is 61.9 cm³/mol. The molecule has 5 heteroatoms. The van der Waals surface area contributed by atoms with E-state index in [1.807, 2.05) is 6.07 Å². The molecule has 0 aliphatic heterocycles. The van der Waals surface area contributed by atoms with Crippen LogP contribution in [0.4, 0.5) is 0 Å². The second-order valence-electron chi connectivity index (χ2n) is 2.88. The van der Waals surface area contributed by atoms with E-state index < -0.39 is 12.2 Å². The van der Waals surface area contributed by atoms with Crippen LogP contribution in [0.5, 0.6) is 0 Å². The van der Waals surface area contributed by atoms with Crippen LogP contribution in [0.3, 0.4) is 0 Å². The first-order valence-corrected chi connectivity index (χ1v) is 5.66. The van der Waals surface area contributed by atoms with Gasteiger partial charge in [0.15, 0.2) is 0 Å². The van der Waals surface area contributed by atoms with Crippen LogP contribution in [0.2, 0.25) is 0 Å². The van der Waals surface area contributed by atoms with Crippen molar-refractivity contribution >= 4 is 31.9 Å². The molecule has 14 heavy (non-hydrogen) atoms. The third-order valence-electron chi connectivity index (χ3n) is 1.90. The van der Waals surface area contributed by atoms with Gasteiger partial charge in [-0.1, -0.05) is 37.9 Å². The van der Waals surface area contributed by atoms with Gasteiger partial charge in [0, 0.05) is 21.1 Å². The lowest BCUT2D eigenvalue weighted by atomic mass is 10.0. The topological polar surface area (TPSA) is 66.5 Å². The van der Waals surface area contributed by atoms with Crippen molar-refractivity contribution in [3.8, 4) is 0 Å². The Labute approximate surface area is 99.2 Å². The molecule has 78 valence electrons. The summed E-state index contributed by atoms with van der Waals surface area (Å²) in [5.74, 6) is 0. The fourth-order valence-corrected chi connectivity index (χ4v) is 2.58. The van der Waals surface area contributed by atoms with Gasteiger partial charge >= 0.3 is 0 Å². The van der Waals surface area contributed by atoms with Gasteiger partial charge in [0.25, 0.3) is 0 Å². The molecule has 4 N–H and O–H groups in total. The first kappa shape index (κ1) is 12.1. The summed E-state index contributed by atoms with van der Waals surface area (Å²) in [6.45, 7) is 0.0228. The highest BCUT2D eigenvalue weighted by atomic mass is 79.9. The van der Waals surface area contributed by atoms with Crippen LogP contribution in [0.15, 0.2) is 27.1 Å². The van der Waals surface area contributed by atoms with Crippen molar-refractivity contribution in [3.63, 3.8) is 0 Å². The number of nitrogens with two attached hydrogens (primary N) is 1. The molecule has 0 bridgehead atoms. The largest absolute Gasteiger partial charge is 0.389 e. The molecule has 0 aliphatic rings. The van der Waals surface area contributed by atoms with Gasteiger partial charge in [-0.3, -0.25) is 0 Å². The molecule has 1 rings (SSSR count). The zero-order valence-electron chi connectivity index (χ0n) is 7.32. The zero-order valence-corrected chi connectivity index (χ0v) is 10.5. The van der Waals surface area contributed by atoms with E-state index in [-0.39, 0.29) is 6.54 Å². The Morgan fingerprint density at radius 1 is 1.21 bits per heavy atom. The first-order valence-electron chi connectivity index (χ1n) is 4.08. The van der Waals surface area contributed by atoms with Crippen molar-refractivity contribution < 1.29 is 10.2 Å². The van der Waals surface area contributed by atoms with Crippen molar-refractivity contribution in [2.24, 2.45) is 5.73 Å². The quantitative estimate of drug-likeness (QED) is 0.790. The molecule has 2 atom stereocenters. The van der Waals surface area contributed by atoms with E-state index in [0.717, 1.165) is 8.95 Å². The van der Waals surface area contributed by atoms with Gasteiger partial charge in [0.05, 0.1) is 6.10 Å². The molecular weight excluding hydrogens is 314 g/mol. The van der Waals surface area contributed by atoms with Gasteiger partial charge in [-0.25, -0.2) is 0 Å². The summed E-state index contributed by atoms with van der Waals surface area (Å²) >= 11 is 6.61. The number of hydrogen-bond acceptors (Lipinski definition) is 3. The first-order chi connectivity index (χ1) is 6.57. The highest BCUT2D eigenvalue weighted by Gasteiger charge is 2.21. The minimum absolute atomic E-state index is 0.0228. The monoisotopic (exact) mass is 323 g/mol. The second-order valence-corrected chi connectivity index (χ2v) is 4.59. The summed E-state index contributed by atoms with van der Waals surface area (Å²) in [7, 11) is 0. The van der Waals surface area contributed by atoms with Crippen LogP contribution in [0.1, 0.15) is 11.7 Å². The van der Waals surface area contributed by atoms with Gasteiger partial charge in [-0.2, -0.15) is 0 Å². The van der Waals surface area contributed by atoms with Crippen LogP contribution < -0.4 is 5.73 Å². The molecule has 0 heterocycles. The molecule has 0 amide bonds. The van der Waals surface area contributed by atoms with Crippen molar-refractivity contribution in [1.29, 1.82) is 0 Å². The molecule has 2 unspecified atom stereocenters. The number of aliphatic hydroxyl groups excluding tert-OH is 2. The number of aliphatic hydroxyl groups is 2. The Bertz CT molecular complexity index is 299. The number of halogens is 2. The fourth-order valence-electron chi connectivity index (χ4n) is 1.11. The minimum Gasteiger partial charge on any atom is -0.389 e. The van der Waals surface area contributed by atoms with Crippen LogP contribution in [0, 0.1) is 0 Å². The second kappa shape index (κ2) is 5.23. The lowest BCUT2D eigenvalue weighted by Gasteiger charge is -2.18. The van der Waals surface area contributed by atoms with E-state index >= 15 is 0 Å². The van der Waals surface area contributed by atoms with E-state index in [2.05, 4.69) is 31.9 Å². The summed E-state index contributed by atoms with van der Waals surface area (Å²) < 4.78 is 1.48. The number of rotatable bonds is 3. The van der Waals surface area contributed by atoms with Crippen molar-refractivity contribution in [1.82, 2.24) is 0 Å². The van der Waals surface area contributed by atoms with E-state index in [1.54, 1.807) is 12.1 Å². The van der Waals surface area contributed by atoms with E-state index in [0.29, 0.717) is 5.56 Å². The van der Waals surface area contributed by atoms with E-state index in [4.69, 9.17) is 5.73 Å². The maximum Gasteiger partial charge on any atom is 0.108 e. The van der Waals surface area contributed by atoms with Crippen molar-refractivity contribution in [2.45, 2.75) is 12.2 Å². The minimum atomic E-state index is -0.982. The average Bonchev–Trinajstić information content (AvgIpc) is 2.16. The van der Waals surface area contributed by atoms with Crippen molar-refractivity contribution in [2.75, 3.05) is 6.54 Å². The maximum atomic E-state index is 9.76. The van der Waals surface area contributed by atoms with E-state index in [9.17, 15) is 10.2 Å². The Morgan fingerprint density at radius 2 is 1.71 bits per heavy atom. The third kappa shape index (κ3) is 2.55. The Kier molecular flexibility index (Phi) is 4.53. The molecule has 1 aromatic carbocycles. The maximum absolute atomic E-state index is 9.76. The van der Waals surface area contributed by atoms with Crippen LogP contribution in [-0.2, 0) is 0 Å². The van der Waals surface area contributed by atoms with Gasteiger partial charge in [-0.05, 0) is 12.1 Å². The highest BCUT2D eigenvalue weighted by molar-refractivity contribution is 9.11. The van der Waals surface area contributed by atoms with Gasteiger partial charge in [0.2, 0.25) is 0 Å². The normalized spacial score (nSPS) is 15.2. The smallest absolute Gasteiger partial charge is 0.108 e. The molecule has 0 aromatic heterocycles. The third-order valence-corrected chi connectivity index (χ3v) is 3.28. The summed E-state index contributed by atoms with van der Waals surface area (Å²) in [5, 5.41) is 19.2. The predicted octanol–water partition coefficient (Wildman–Crippen LogP) is 1.56. The van der Waals surface area contributed by atoms with Crippen LogP contribution in [-0.4, -0.2) is 22.9 Å². The summed E-state index contributed by atoms with van der Waals surface area (Å²) in [4.78, 5) is 0. The van der Waals surface area contributed by atoms with Crippen LogP contribution >= 0.6 is 31.9 Å². The molecule has 0 aliphatic carbocycles. The average molecular weight is 325 g/mol. The summed E-state index contributed by atoms with van der Waals surface area (Å²) in [6, 6.07) is 5.43. The zero-order chi connectivity index (χ0) is 10.7. The Hall–Kier alpha value is 0.0600. The number of hydrogen-bond donors (Lipinski definition) is 3. The van der Waals surface area contributed by atoms with Gasteiger partial charge in [-0.15, -0.1) is 0 Å². The molecule has 1 aromatic rings. The van der Waals surface area contributed by atoms with Gasteiger partial charge < -0.3 is 15.9 Å². The molecule has 0 saturated carbocycles. The molecule has 0 fully saturated rings. The number of benzene rings is 1. The molecule has 0 spiro atoms. The van der Waals surface area contributed by atoms with Gasteiger partial charge in [0.1, 0.15) is 6.10 Å². The lowest BCUT2D eigenvalue weighted by molar-refractivity contribution is 0.0235. The Morgan fingerprint density at radius 3 is 2.14 bits per heavy atom. The molecule has 3 nitrogen and oxygen atoms in total. The fraction of sp³-hybridized carbons (Fsp3) is 0.333. The lowest BCUT2D eigenvalue weighted by Crippen LogP contribution is -2.27. The van der Waals surface area contributed by atoms with E-state index in [1.165, 1.54) is 0 Å². The van der Waals surface area contributed by atoms with Crippen molar-refractivity contribution in [3.05, 3.63) is 32.7 Å². The molecule has 0 radical (unpaired) electrons.